The minimum absolute atomic E-state index is 0.125. The monoisotopic (exact) mass is 365 g/mol. The topological polar surface area (TPSA) is 137 Å². The van der Waals surface area contributed by atoms with E-state index in [9.17, 15) is 19.2 Å². The molecular formula is C16H23N5O5. The molecule has 1 atom stereocenters. The summed E-state index contributed by atoms with van der Waals surface area (Å²) >= 11 is 0. The number of carbonyl (C=O) groups excluding carboxylic acids is 2. The zero-order valence-corrected chi connectivity index (χ0v) is 15.2. The van der Waals surface area contributed by atoms with Crippen molar-refractivity contribution >= 4 is 18.2 Å². The Morgan fingerprint density at radius 3 is 2.62 bits per heavy atom. The van der Waals surface area contributed by atoms with E-state index in [1.54, 1.807) is 27.7 Å². The fourth-order valence-electron chi connectivity index (χ4n) is 2.58. The Balaban J connectivity index is 2.04. The number of nitrogens with one attached hydrogen (secondary N) is 3. The molecule has 1 aromatic rings. The first kappa shape index (κ1) is 19.4. The number of rotatable bonds is 3. The first-order valence-corrected chi connectivity index (χ1v) is 8.24. The highest BCUT2D eigenvalue weighted by Crippen LogP contribution is 2.20. The van der Waals surface area contributed by atoms with Gasteiger partial charge in [0.15, 0.2) is 0 Å². The maximum Gasteiger partial charge on any atom is 0.410 e. The van der Waals surface area contributed by atoms with E-state index in [1.165, 1.54) is 4.90 Å². The Hall–Kier alpha value is -2.91. The SMILES string of the molecule is Cc1[nH]c(=O)[nH]c(=O)c1C=NNC(=O)C1CCCN1C(=O)OC(C)(C)C. The Morgan fingerprint density at radius 1 is 1.31 bits per heavy atom. The van der Waals surface area contributed by atoms with Crippen LogP contribution in [0.4, 0.5) is 4.79 Å². The van der Waals surface area contributed by atoms with Gasteiger partial charge in [0.2, 0.25) is 0 Å². The average Bonchev–Trinajstić information content (AvgIpc) is 2.97. The Labute approximate surface area is 149 Å². The van der Waals surface area contributed by atoms with E-state index in [1.807, 2.05) is 0 Å². The summed E-state index contributed by atoms with van der Waals surface area (Å²) in [6.45, 7) is 7.23. The van der Waals surface area contributed by atoms with Crippen LogP contribution in [0.3, 0.4) is 0 Å². The molecule has 2 rings (SSSR count). The molecule has 1 aliphatic rings. The normalized spacial score (nSPS) is 17.5. The van der Waals surface area contributed by atoms with Crippen LogP contribution in [0.25, 0.3) is 0 Å². The van der Waals surface area contributed by atoms with Crippen LogP contribution in [-0.2, 0) is 9.53 Å². The molecule has 1 fully saturated rings. The van der Waals surface area contributed by atoms with Crippen molar-refractivity contribution < 1.29 is 14.3 Å². The highest BCUT2D eigenvalue weighted by atomic mass is 16.6. The molecule has 2 amide bonds. The maximum atomic E-state index is 12.3. The van der Waals surface area contributed by atoms with Gasteiger partial charge in [0.1, 0.15) is 11.6 Å². The van der Waals surface area contributed by atoms with Crippen molar-refractivity contribution in [3.05, 3.63) is 32.1 Å². The predicted octanol–water partition coefficient (Wildman–Crippen LogP) is 0.221. The van der Waals surface area contributed by atoms with Gasteiger partial charge in [0.25, 0.3) is 11.5 Å². The summed E-state index contributed by atoms with van der Waals surface area (Å²) in [5, 5.41) is 3.76. The fourth-order valence-corrected chi connectivity index (χ4v) is 2.58. The molecule has 3 N–H and O–H groups in total. The highest BCUT2D eigenvalue weighted by Gasteiger charge is 2.36. The maximum absolute atomic E-state index is 12.3. The second kappa shape index (κ2) is 7.54. The number of hydrogen-bond donors (Lipinski definition) is 3. The molecule has 1 aromatic heterocycles. The quantitative estimate of drug-likeness (QED) is 0.520. The van der Waals surface area contributed by atoms with Gasteiger partial charge in [-0.15, -0.1) is 0 Å². The molecule has 142 valence electrons. The van der Waals surface area contributed by atoms with Crippen LogP contribution in [0.2, 0.25) is 0 Å². The summed E-state index contributed by atoms with van der Waals surface area (Å²) in [4.78, 5) is 53.3. The van der Waals surface area contributed by atoms with Crippen molar-refractivity contribution in [3.8, 4) is 0 Å². The first-order chi connectivity index (χ1) is 12.1. The number of ether oxygens (including phenoxy) is 1. The van der Waals surface area contributed by atoms with Gasteiger partial charge in [-0.25, -0.2) is 15.0 Å². The molecule has 0 spiro atoms. The van der Waals surface area contributed by atoms with Gasteiger partial charge in [0.05, 0.1) is 11.8 Å². The van der Waals surface area contributed by atoms with Crippen molar-refractivity contribution in [2.75, 3.05) is 6.54 Å². The van der Waals surface area contributed by atoms with Crippen LogP contribution in [0.5, 0.6) is 0 Å². The lowest BCUT2D eigenvalue weighted by Gasteiger charge is -2.27. The molecule has 10 nitrogen and oxygen atoms in total. The summed E-state index contributed by atoms with van der Waals surface area (Å²) in [7, 11) is 0. The number of likely N-dealkylation sites (tertiary alicyclic amines) is 1. The number of amides is 2. The van der Waals surface area contributed by atoms with E-state index in [0.717, 1.165) is 6.21 Å². The molecule has 0 bridgehead atoms. The summed E-state index contributed by atoms with van der Waals surface area (Å²) in [6, 6.07) is -0.683. The lowest BCUT2D eigenvalue weighted by Crippen LogP contribution is -2.46. The molecule has 1 unspecified atom stereocenters. The summed E-state index contributed by atoms with van der Waals surface area (Å²) in [5.74, 6) is -0.469. The number of aromatic amines is 2. The van der Waals surface area contributed by atoms with Gasteiger partial charge in [-0.3, -0.25) is 19.5 Å². The van der Waals surface area contributed by atoms with Gasteiger partial charge in [0, 0.05) is 12.2 Å². The summed E-state index contributed by atoms with van der Waals surface area (Å²) in [5.41, 5.74) is 0.899. The zero-order valence-electron chi connectivity index (χ0n) is 15.2. The van der Waals surface area contributed by atoms with E-state index in [-0.39, 0.29) is 5.56 Å². The third kappa shape index (κ3) is 4.80. The molecule has 0 aromatic carbocycles. The summed E-state index contributed by atoms with van der Waals surface area (Å²) in [6.07, 6.45) is 1.78. The number of carbonyl (C=O) groups is 2. The number of hydrazone groups is 1. The van der Waals surface area contributed by atoms with Crippen LogP contribution < -0.4 is 16.7 Å². The van der Waals surface area contributed by atoms with E-state index in [4.69, 9.17) is 4.74 Å². The van der Waals surface area contributed by atoms with E-state index < -0.39 is 34.9 Å². The third-order valence-electron chi connectivity index (χ3n) is 3.73. The highest BCUT2D eigenvalue weighted by molar-refractivity contribution is 5.88. The predicted molar refractivity (Wildman–Crippen MR) is 94.1 cm³/mol. The van der Waals surface area contributed by atoms with Crippen LogP contribution in [-0.4, -0.2) is 51.3 Å². The zero-order chi connectivity index (χ0) is 19.5. The first-order valence-electron chi connectivity index (χ1n) is 8.24. The molecule has 2 heterocycles. The number of aromatic nitrogens is 2. The molecule has 1 saturated heterocycles. The standard InChI is InChI=1S/C16H23N5O5/c1-9-10(12(22)19-14(24)18-9)8-17-20-13(23)11-6-5-7-21(11)15(25)26-16(2,3)4/h8,11H,5-7H2,1-4H3,(H,20,23)(H2,18,19,22,24). The molecule has 0 radical (unpaired) electrons. The third-order valence-corrected chi connectivity index (χ3v) is 3.73. The fraction of sp³-hybridized carbons (Fsp3) is 0.562. The lowest BCUT2D eigenvalue weighted by atomic mass is 10.2. The Bertz CT molecular complexity index is 833. The van der Waals surface area contributed by atoms with Crippen molar-refractivity contribution in [2.45, 2.75) is 52.2 Å². The molecule has 0 aliphatic carbocycles. The molecular weight excluding hydrogens is 342 g/mol. The number of hydrogen-bond acceptors (Lipinski definition) is 6. The van der Waals surface area contributed by atoms with Crippen molar-refractivity contribution in [1.29, 1.82) is 0 Å². The number of H-pyrrole nitrogens is 2. The van der Waals surface area contributed by atoms with Crippen molar-refractivity contribution in [1.82, 2.24) is 20.3 Å². The van der Waals surface area contributed by atoms with Gasteiger partial charge in [-0.1, -0.05) is 0 Å². The Kier molecular flexibility index (Phi) is 5.63. The van der Waals surface area contributed by atoms with Crippen LogP contribution in [0.1, 0.15) is 44.9 Å². The smallest absolute Gasteiger partial charge is 0.410 e. The van der Waals surface area contributed by atoms with Gasteiger partial charge in [-0.05, 0) is 40.5 Å². The van der Waals surface area contributed by atoms with Crippen LogP contribution in [0, 0.1) is 6.92 Å². The van der Waals surface area contributed by atoms with E-state index >= 15 is 0 Å². The van der Waals surface area contributed by atoms with E-state index in [0.29, 0.717) is 25.1 Å². The average molecular weight is 365 g/mol. The Morgan fingerprint density at radius 2 is 2.00 bits per heavy atom. The number of nitrogens with zero attached hydrogens (tertiary/aromatic N) is 2. The van der Waals surface area contributed by atoms with Crippen LogP contribution >= 0.6 is 0 Å². The lowest BCUT2D eigenvalue weighted by molar-refractivity contribution is -0.125. The largest absolute Gasteiger partial charge is 0.444 e. The molecule has 0 saturated carbocycles. The van der Waals surface area contributed by atoms with E-state index in [2.05, 4.69) is 20.5 Å². The van der Waals surface area contributed by atoms with Crippen molar-refractivity contribution in [2.24, 2.45) is 5.10 Å². The van der Waals surface area contributed by atoms with Crippen LogP contribution in [0.15, 0.2) is 14.7 Å². The molecule has 1 aliphatic heterocycles. The second-order valence-corrected chi connectivity index (χ2v) is 7.01. The van der Waals surface area contributed by atoms with Gasteiger partial charge in [-0.2, -0.15) is 5.10 Å². The van der Waals surface area contributed by atoms with Gasteiger partial charge < -0.3 is 9.72 Å². The van der Waals surface area contributed by atoms with Crippen molar-refractivity contribution in [3.63, 3.8) is 0 Å². The molecule has 10 heteroatoms. The van der Waals surface area contributed by atoms with Gasteiger partial charge >= 0.3 is 11.8 Å². The minimum Gasteiger partial charge on any atom is -0.444 e. The minimum atomic E-state index is -0.683. The summed E-state index contributed by atoms with van der Waals surface area (Å²) < 4.78 is 5.31. The number of aryl methyl sites for hydroxylation is 1. The molecule has 26 heavy (non-hydrogen) atoms. The second-order valence-electron chi connectivity index (χ2n) is 7.01.